The molecular formula is C21H25N3O3. The molecule has 0 saturated heterocycles. The minimum atomic E-state index is -0.288. The van der Waals surface area contributed by atoms with Crippen molar-refractivity contribution in [2.45, 2.75) is 27.2 Å². The Hall–Kier alpha value is -3.28. The van der Waals surface area contributed by atoms with E-state index < -0.39 is 0 Å². The molecule has 0 aliphatic rings. The number of carbonyl (C=O) groups is 3. The third-order valence-corrected chi connectivity index (χ3v) is 3.74. The van der Waals surface area contributed by atoms with Crippen LogP contribution in [0.4, 0.5) is 5.69 Å². The zero-order valence-corrected chi connectivity index (χ0v) is 14.6. The molecular weight excluding hydrogens is 342 g/mol. The van der Waals surface area contributed by atoms with Crippen LogP contribution in [0.2, 0.25) is 0 Å². The van der Waals surface area contributed by atoms with E-state index >= 15 is 0 Å². The predicted octanol–water partition coefficient (Wildman–Crippen LogP) is 3.73. The zero-order chi connectivity index (χ0) is 18.9. The Bertz CT molecular complexity index is 786. The number of hydrogen-bond acceptors (Lipinski definition) is 4. The van der Waals surface area contributed by atoms with Gasteiger partial charge in [-0.15, -0.1) is 0 Å². The van der Waals surface area contributed by atoms with Crippen molar-refractivity contribution >= 4 is 29.6 Å². The monoisotopic (exact) mass is 367 g/mol. The largest absolute Gasteiger partial charge is 0.326 e. The van der Waals surface area contributed by atoms with Gasteiger partial charge in [0.15, 0.2) is 5.78 Å². The van der Waals surface area contributed by atoms with Crippen molar-refractivity contribution in [1.82, 2.24) is 4.90 Å². The van der Waals surface area contributed by atoms with Gasteiger partial charge in [0.1, 0.15) is 5.84 Å². The van der Waals surface area contributed by atoms with Crippen LogP contribution >= 0.6 is 0 Å². The Balaban J connectivity index is 0.00000364. The van der Waals surface area contributed by atoms with E-state index in [1.54, 1.807) is 48.5 Å². The first-order valence-corrected chi connectivity index (χ1v) is 8.34. The number of anilines is 1. The highest BCUT2D eigenvalue weighted by Gasteiger charge is 2.16. The lowest BCUT2D eigenvalue weighted by molar-refractivity contribution is -0.116. The third-order valence-electron chi connectivity index (χ3n) is 3.74. The van der Waals surface area contributed by atoms with Crippen LogP contribution in [0.3, 0.4) is 0 Å². The molecule has 0 fully saturated rings. The van der Waals surface area contributed by atoms with E-state index in [-0.39, 0.29) is 31.5 Å². The molecule has 0 aliphatic heterocycles. The van der Waals surface area contributed by atoms with Crippen molar-refractivity contribution in [3.8, 4) is 0 Å². The number of hydrogen-bond donors (Lipinski definition) is 2. The summed E-state index contributed by atoms with van der Waals surface area (Å²) in [5.74, 6) is -0.392. The van der Waals surface area contributed by atoms with Crippen LogP contribution in [0, 0.1) is 5.41 Å². The lowest BCUT2D eigenvalue weighted by Gasteiger charge is -2.17. The van der Waals surface area contributed by atoms with Gasteiger partial charge in [0, 0.05) is 23.2 Å². The molecule has 0 saturated carbocycles. The second-order valence-electron chi connectivity index (χ2n) is 5.75. The molecule has 27 heavy (non-hydrogen) atoms. The zero-order valence-electron chi connectivity index (χ0n) is 14.6. The summed E-state index contributed by atoms with van der Waals surface area (Å²) >= 11 is 0. The van der Waals surface area contributed by atoms with Crippen LogP contribution in [-0.2, 0) is 9.59 Å². The summed E-state index contributed by atoms with van der Waals surface area (Å²) < 4.78 is 0. The average Bonchev–Trinajstić information content (AvgIpc) is 2.66. The van der Waals surface area contributed by atoms with Crippen LogP contribution in [0.5, 0.6) is 0 Å². The van der Waals surface area contributed by atoms with E-state index in [2.05, 4.69) is 5.32 Å². The number of carbonyl (C=O) groups excluding carboxylic acids is 3. The Labute approximate surface area is 159 Å². The Morgan fingerprint density at radius 3 is 2.22 bits per heavy atom. The van der Waals surface area contributed by atoms with Crippen LogP contribution < -0.4 is 5.32 Å². The van der Waals surface area contributed by atoms with Crippen molar-refractivity contribution < 1.29 is 14.4 Å². The second kappa shape index (κ2) is 10.7. The van der Waals surface area contributed by atoms with Gasteiger partial charge in [-0.3, -0.25) is 24.7 Å². The summed E-state index contributed by atoms with van der Waals surface area (Å²) in [6.45, 7) is 1.70. The van der Waals surface area contributed by atoms with E-state index in [0.717, 1.165) is 11.3 Å². The molecule has 2 amide bonds. The lowest BCUT2D eigenvalue weighted by atomic mass is 10.1. The number of rotatable bonds is 8. The van der Waals surface area contributed by atoms with Gasteiger partial charge in [-0.1, -0.05) is 44.7 Å². The third kappa shape index (κ3) is 6.18. The summed E-state index contributed by atoms with van der Waals surface area (Å²) in [5, 5.41) is 10.8. The maximum absolute atomic E-state index is 12.4. The van der Waals surface area contributed by atoms with Crippen LogP contribution in [0.15, 0.2) is 54.6 Å². The van der Waals surface area contributed by atoms with Crippen molar-refractivity contribution in [3.63, 3.8) is 0 Å². The van der Waals surface area contributed by atoms with E-state index in [9.17, 15) is 14.4 Å². The van der Waals surface area contributed by atoms with Crippen LogP contribution in [-0.4, -0.2) is 35.4 Å². The number of amidine groups is 1. The van der Waals surface area contributed by atoms with Crippen LogP contribution in [0.25, 0.3) is 0 Å². The predicted molar refractivity (Wildman–Crippen MR) is 107 cm³/mol. The number of Topliss-reactive ketones (excluding diaryl/α,β-unsaturated/α-hetero) is 1. The Morgan fingerprint density at radius 2 is 1.67 bits per heavy atom. The molecule has 0 aliphatic carbocycles. The van der Waals surface area contributed by atoms with Gasteiger partial charge in [-0.25, -0.2) is 0 Å². The van der Waals surface area contributed by atoms with Gasteiger partial charge in [-0.05, 0) is 30.7 Å². The number of nitrogens with one attached hydrogen (secondary N) is 2. The van der Waals surface area contributed by atoms with E-state index in [1.807, 2.05) is 13.0 Å². The van der Waals surface area contributed by atoms with E-state index in [1.165, 1.54) is 0 Å². The van der Waals surface area contributed by atoms with Gasteiger partial charge < -0.3 is 5.32 Å². The fourth-order valence-electron chi connectivity index (χ4n) is 2.37. The minimum Gasteiger partial charge on any atom is -0.326 e. The van der Waals surface area contributed by atoms with E-state index in [0.29, 0.717) is 29.6 Å². The van der Waals surface area contributed by atoms with Crippen LogP contribution in [0.1, 0.15) is 43.1 Å². The molecule has 2 rings (SSSR count). The highest BCUT2D eigenvalue weighted by molar-refractivity contribution is 6.07. The highest BCUT2D eigenvalue weighted by Crippen LogP contribution is 2.12. The SMILES string of the molecule is C.CCCC(=O)Nc1ccc(C(=O)CN(C=O)C(=N)c2ccccc2)cc1. The van der Waals surface area contributed by atoms with Gasteiger partial charge in [-0.2, -0.15) is 0 Å². The molecule has 142 valence electrons. The Morgan fingerprint density at radius 1 is 1.04 bits per heavy atom. The van der Waals surface area contributed by atoms with Crippen molar-refractivity contribution in [1.29, 1.82) is 5.41 Å². The summed E-state index contributed by atoms with van der Waals surface area (Å²) in [6.07, 6.45) is 1.68. The number of amides is 2. The topological polar surface area (TPSA) is 90.3 Å². The number of nitrogens with zero attached hydrogens (tertiary/aromatic N) is 1. The molecule has 2 N–H and O–H groups in total. The number of ketones is 1. The summed E-state index contributed by atoms with van der Waals surface area (Å²) in [7, 11) is 0. The molecule has 6 heteroatoms. The van der Waals surface area contributed by atoms with Crippen molar-refractivity contribution in [2.24, 2.45) is 0 Å². The van der Waals surface area contributed by atoms with Gasteiger partial charge in [0.05, 0.1) is 6.54 Å². The fourth-order valence-corrected chi connectivity index (χ4v) is 2.37. The summed E-state index contributed by atoms with van der Waals surface area (Å²) in [5.41, 5.74) is 1.58. The normalized spacial score (nSPS) is 9.67. The second-order valence-corrected chi connectivity index (χ2v) is 5.75. The maximum atomic E-state index is 12.4. The minimum absolute atomic E-state index is 0. The van der Waals surface area contributed by atoms with Gasteiger partial charge in [0.2, 0.25) is 12.3 Å². The lowest BCUT2D eigenvalue weighted by Crippen LogP contribution is -2.34. The summed E-state index contributed by atoms with van der Waals surface area (Å²) in [4.78, 5) is 36.4. The maximum Gasteiger partial charge on any atom is 0.224 e. The van der Waals surface area contributed by atoms with Crippen molar-refractivity contribution in [2.75, 3.05) is 11.9 Å². The molecule has 6 nitrogen and oxygen atoms in total. The highest BCUT2D eigenvalue weighted by atomic mass is 16.2. The first-order valence-electron chi connectivity index (χ1n) is 8.34. The molecule has 0 spiro atoms. The first-order chi connectivity index (χ1) is 12.5. The van der Waals surface area contributed by atoms with Gasteiger partial charge in [0.25, 0.3) is 0 Å². The molecule has 0 radical (unpaired) electrons. The molecule has 0 bridgehead atoms. The molecule has 0 heterocycles. The fraction of sp³-hybridized carbons (Fsp3) is 0.238. The average molecular weight is 367 g/mol. The standard InChI is InChI=1S/C20H21N3O3.CH4/c1-2-6-19(26)22-17-11-9-15(10-12-17)18(25)13-23(14-24)20(21)16-7-4-3-5-8-16;/h3-5,7-12,14,21H,2,6,13H2,1H3,(H,22,26);1H4. The smallest absolute Gasteiger partial charge is 0.224 e. The summed E-state index contributed by atoms with van der Waals surface area (Å²) in [6, 6.07) is 15.2. The quantitative estimate of drug-likeness (QED) is 0.322. The molecule has 2 aromatic rings. The molecule has 0 unspecified atom stereocenters. The number of benzene rings is 2. The van der Waals surface area contributed by atoms with Crippen molar-refractivity contribution in [3.05, 3.63) is 65.7 Å². The molecule has 0 aromatic heterocycles. The Kier molecular flexibility index (Phi) is 8.59. The van der Waals surface area contributed by atoms with E-state index in [4.69, 9.17) is 5.41 Å². The molecule has 2 aromatic carbocycles. The molecule has 0 atom stereocenters. The first kappa shape index (κ1) is 21.8. The van der Waals surface area contributed by atoms with Gasteiger partial charge >= 0.3 is 0 Å².